The van der Waals surface area contributed by atoms with Gasteiger partial charge in [-0.15, -0.1) is 0 Å². The number of carbonyl (C=O) groups excluding carboxylic acids is 1. The number of hydrogen-bond donors (Lipinski definition) is 2. The number of rotatable bonds is 10. The van der Waals surface area contributed by atoms with Crippen LogP contribution in [-0.2, 0) is 11.3 Å². The average Bonchev–Trinajstić information content (AvgIpc) is 3.69. The molecule has 3 aromatic rings. The van der Waals surface area contributed by atoms with Crippen LogP contribution in [0.4, 0.5) is 5.69 Å². The van der Waals surface area contributed by atoms with Crippen LogP contribution in [0.15, 0.2) is 78.9 Å². The van der Waals surface area contributed by atoms with Crippen LogP contribution in [0.25, 0.3) is 11.1 Å². The molecular weight excluding hydrogens is 418 g/mol. The maximum atomic E-state index is 13.7. The predicted molar refractivity (Wildman–Crippen MR) is 142 cm³/mol. The van der Waals surface area contributed by atoms with Gasteiger partial charge in [0.25, 0.3) is 0 Å². The summed E-state index contributed by atoms with van der Waals surface area (Å²) < 4.78 is 0. The van der Waals surface area contributed by atoms with Crippen molar-refractivity contribution in [2.24, 2.45) is 17.6 Å². The second-order valence-corrected chi connectivity index (χ2v) is 9.63. The van der Waals surface area contributed by atoms with Crippen molar-refractivity contribution in [2.75, 3.05) is 18.5 Å². The van der Waals surface area contributed by atoms with Gasteiger partial charge in [-0.05, 0) is 59.7 Å². The molecule has 3 aromatic carbocycles. The summed E-state index contributed by atoms with van der Waals surface area (Å²) in [6, 6.07) is 27.3. The van der Waals surface area contributed by atoms with Crippen LogP contribution in [0.2, 0.25) is 0 Å². The van der Waals surface area contributed by atoms with E-state index in [1.54, 1.807) is 0 Å². The highest BCUT2D eigenvalue weighted by Crippen LogP contribution is 2.49. The van der Waals surface area contributed by atoms with Gasteiger partial charge < -0.3 is 16.0 Å². The molecule has 0 radical (unpaired) electrons. The van der Waals surface area contributed by atoms with Gasteiger partial charge in [0.1, 0.15) is 0 Å². The molecule has 4 atom stereocenters. The van der Waals surface area contributed by atoms with Crippen LogP contribution >= 0.6 is 0 Å². The summed E-state index contributed by atoms with van der Waals surface area (Å²) in [5.74, 6) is 0.893. The normalized spacial score (nSPS) is 18.8. The van der Waals surface area contributed by atoms with Crippen LogP contribution in [-0.4, -0.2) is 25.5 Å². The summed E-state index contributed by atoms with van der Waals surface area (Å²) in [6.07, 6.45) is 1.91. The van der Waals surface area contributed by atoms with E-state index in [1.807, 2.05) is 18.0 Å². The number of amides is 1. The first-order valence-electron chi connectivity index (χ1n) is 12.5. The molecule has 0 saturated heterocycles. The second kappa shape index (κ2) is 11.0. The zero-order valence-corrected chi connectivity index (χ0v) is 20.6. The molecule has 1 aliphatic carbocycles. The Morgan fingerprint density at radius 3 is 2.21 bits per heavy atom. The lowest BCUT2D eigenvalue weighted by atomic mass is 9.98. The molecule has 0 bridgehead atoms. The number of nitrogens with one attached hydrogen (secondary N) is 1. The molecule has 3 N–H and O–H groups in total. The molecular formula is C30H37N3O. The number of nitrogens with two attached hydrogens (primary N) is 1. The molecule has 34 heavy (non-hydrogen) atoms. The van der Waals surface area contributed by atoms with Crippen LogP contribution in [0.1, 0.15) is 43.7 Å². The molecule has 4 heteroatoms. The van der Waals surface area contributed by atoms with Crippen LogP contribution < -0.4 is 16.0 Å². The third-order valence-corrected chi connectivity index (χ3v) is 7.22. The van der Waals surface area contributed by atoms with Crippen molar-refractivity contribution in [3.8, 4) is 11.1 Å². The fraction of sp³-hybridized carbons (Fsp3) is 0.367. The Morgan fingerprint density at radius 1 is 1.00 bits per heavy atom. The summed E-state index contributed by atoms with van der Waals surface area (Å²) in [4.78, 5) is 15.6. The lowest BCUT2D eigenvalue weighted by Gasteiger charge is -2.29. The Morgan fingerprint density at radius 2 is 1.62 bits per heavy atom. The molecule has 1 amide bonds. The van der Waals surface area contributed by atoms with Crippen LogP contribution in [0, 0.1) is 11.8 Å². The van der Waals surface area contributed by atoms with E-state index in [1.165, 1.54) is 16.7 Å². The lowest BCUT2D eigenvalue weighted by molar-refractivity contribution is -0.120. The Hall–Kier alpha value is -2.95. The summed E-state index contributed by atoms with van der Waals surface area (Å²) in [5, 5.41) is 3.18. The highest BCUT2D eigenvalue weighted by atomic mass is 16.2. The third kappa shape index (κ3) is 5.57. The molecule has 1 aliphatic rings. The molecule has 4 rings (SSSR count). The van der Waals surface area contributed by atoms with Gasteiger partial charge in [-0.1, -0.05) is 87.0 Å². The van der Waals surface area contributed by atoms with E-state index in [4.69, 9.17) is 5.73 Å². The SMILES string of the molecule is CC[C@H](C)[C@H](N)CN(C(=O)[C@@H]1C[C@H]1c1ccccc1)c1ccc(-c2ccc(CNC)cc2)cc1. The fourth-order valence-electron chi connectivity index (χ4n) is 4.61. The van der Waals surface area contributed by atoms with E-state index in [2.05, 4.69) is 92.0 Å². The minimum Gasteiger partial charge on any atom is -0.326 e. The number of hydrogen-bond acceptors (Lipinski definition) is 3. The zero-order chi connectivity index (χ0) is 24.1. The number of carbonyl (C=O) groups is 1. The highest BCUT2D eigenvalue weighted by Gasteiger charge is 2.46. The van der Waals surface area contributed by atoms with Crippen molar-refractivity contribution >= 4 is 11.6 Å². The zero-order valence-electron chi connectivity index (χ0n) is 20.6. The largest absolute Gasteiger partial charge is 0.326 e. The van der Waals surface area contributed by atoms with Gasteiger partial charge in [-0.2, -0.15) is 0 Å². The molecule has 4 nitrogen and oxygen atoms in total. The topological polar surface area (TPSA) is 58.4 Å². The van der Waals surface area contributed by atoms with Gasteiger partial charge in [0.15, 0.2) is 0 Å². The summed E-state index contributed by atoms with van der Waals surface area (Å²) in [5.41, 5.74) is 12.3. The fourth-order valence-corrected chi connectivity index (χ4v) is 4.61. The van der Waals surface area contributed by atoms with E-state index >= 15 is 0 Å². The first-order chi connectivity index (χ1) is 16.5. The predicted octanol–water partition coefficient (Wildman–Crippen LogP) is 5.58. The molecule has 0 aromatic heterocycles. The smallest absolute Gasteiger partial charge is 0.230 e. The summed E-state index contributed by atoms with van der Waals surface area (Å²) in [7, 11) is 1.95. The van der Waals surface area contributed by atoms with E-state index in [0.29, 0.717) is 18.4 Å². The van der Waals surface area contributed by atoms with Crippen molar-refractivity contribution in [3.05, 3.63) is 90.0 Å². The van der Waals surface area contributed by atoms with Gasteiger partial charge in [0.2, 0.25) is 5.91 Å². The summed E-state index contributed by atoms with van der Waals surface area (Å²) in [6.45, 7) is 5.72. The minimum atomic E-state index is -0.0535. The van der Waals surface area contributed by atoms with Crippen LogP contribution in [0.5, 0.6) is 0 Å². The monoisotopic (exact) mass is 455 g/mol. The third-order valence-electron chi connectivity index (χ3n) is 7.22. The molecule has 0 heterocycles. The molecule has 0 unspecified atom stereocenters. The number of benzene rings is 3. The van der Waals surface area contributed by atoms with E-state index < -0.39 is 0 Å². The first kappa shape index (κ1) is 24.2. The van der Waals surface area contributed by atoms with E-state index in [9.17, 15) is 4.79 Å². The first-order valence-corrected chi connectivity index (χ1v) is 12.5. The van der Waals surface area contributed by atoms with Gasteiger partial charge in [0, 0.05) is 30.7 Å². The van der Waals surface area contributed by atoms with Crippen molar-refractivity contribution in [3.63, 3.8) is 0 Å². The molecule has 0 aliphatic heterocycles. The van der Waals surface area contributed by atoms with Gasteiger partial charge in [0.05, 0.1) is 0 Å². The molecule has 178 valence electrons. The van der Waals surface area contributed by atoms with Gasteiger partial charge in [-0.25, -0.2) is 0 Å². The number of nitrogens with zero attached hydrogens (tertiary/aromatic N) is 1. The Balaban J connectivity index is 1.54. The maximum absolute atomic E-state index is 13.7. The molecule has 1 saturated carbocycles. The Kier molecular flexibility index (Phi) is 7.81. The standard InChI is InChI=1S/C30H37N3O/c1-4-21(2)29(31)20-33(30(34)28-18-27(28)25-8-6-5-7-9-25)26-16-14-24(15-17-26)23-12-10-22(11-13-23)19-32-3/h5-17,21,27-29,32H,4,18-20,31H2,1-3H3/t21-,27-,28+,29+/m0/s1. The lowest BCUT2D eigenvalue weighted by Crippen LogP contribution is -2.45. The number of anilines is 1. The van der Waals surface area contributed by atoms with E-state index in [-0.39, 0.29) is 17.9 Å². The quantitative estimate of drug-likeness (QED) is 0.419. The second-order valence-electron chi connectivity index (χ2n) is 9.63. The Labute approximate surface area is 204 Å². The average molecular weight is 456 g/mol. The van der Waals surface area contributed by atoms with Gasteiger partial charge >= 0.3 is 0 Å². The Bertz CT molecular complexity index is 1060. The van der Waals surface area contributed by atoms with Crippen LogP contribution in [0.3, 0.4) is 0 Å². The summed E-state index contributed by atoms with van der Waals surface area (Å²) >= 11 is 0. The van der Waals surface area contributed by atoms with Crippen molar-refractivity contribution < 1.29 is 4.79 Å². The van der Waals surface area contributed by atoms with Crippen molar-refractivity contribution in [1.29, 1.82) is 0 Å². The van der Waals surface area contributed by atoms with E-state index in [0.717, 1.165) is 30.6 Å². The minimum absolute atomic E-state index is 0.0333. The van der Waals surface area contributed by atoms with Crippen molar-refractivity contribution in [2.45, 2.75) is 45.2 Å². The highest BCUT2D eigenvalue weighted by molar-refractivity contribution is 5.97. The van der Waals surface area contributed by atoms with Crippen molar-refractivity contribution in [1.82, 2.24) is 5.32 Å². The molecule has 1 fully saturated rings. The molecule has 0 spiro atoms. The maximum Gasteiger partial charge on any atom is 0.230 e. The van der Waals surface area contributed by atoms with Gasteiger partial charge in [-0.3, -0.25) is 4.79 Å².